The molecule has 0 fully saturated rings. The van der Waals surface area contributed by atoms with Crippen LogP contribution in [0.4, 0.5) is 68.2 Å². The molecule has 0 amide bonds. The second-order valence-electron chi connectivity index (χ2n) is 18.4. The van der Waals surface area contributed by atoms with Crippen molar-refractivity contribution in [3.05, 3.63) is 125 Å². The number of nitro benzene ring substituents is 1. The van der Waals surface area contributed by atoms with Crippen LogP contribution in [0, 0.1) is 10.1 Å². The Hall–Kier alpha value is -9.60. The number of azo groups is 4. The number of non-ortho nitro benzene ring substituents is 1. The summed E-state index contributed by atoms with van der Waals surface area (Å²) in [6.07, 6.45) is 0. The van der Waals surface area contributed by atoms with E-state index in [2.05, 4.69) is 49.8 Å². The summed E-state index contributed by atoms with van der Waals surface area (Å²) in [5, 5.41) is 60.7. The van der Waals surface area contributed by atoms with Gasteiger partial charge in [-0.3, -0.25) is 42.2 Å². The van der Waals surface area contributed by atoms with Crippen molar-refractivity contribution in [2.75, 3.05) is 28.5 Å². The number of benzene rings is 8. The van der Waals surface area contributed by atoms with E-state index in [0.717, 1.165) is 72.8 Å². The van der Waals surface area contributed by atoms with Gasteiger partial charge in [0.2, 0.25) is 0 Å². The molecular formula is C46H36N12O27S8. The highest BCUT2D eigenvalue weighted by molar-refractivity contribution is 7.93. The Bertz CT molecular complexity index is 5590. The van der Waals surface area contributed by atoms with Gasteiger partial charge in [0.25, 0.3) is 66.3 Å². The summed E-state index contributed by atoms with van der Waals surface area (Å²) in [5.41, 5.74) is 4.99. The number of nitro groups is 1. The number of hydrogen-bond acceptors (Lipinski definition) is 31. The van der Waals surface area contributed by atoms with Crippen LogP contribution in [-0.4, -0.2) is 122 Å². The Balaban J connectivity index is 1.07. The van der Waals surface area contributed by atoms with Gasteiger partial charge in [-0.05, 0) is 109 Å². The number of rotatable bonds is 22. The number of nitrogens with zero attached hydrogens (tertiary/aromatic N) is 9. The largest absolute Gasteiger partial charge is 0.505 e. The Morgan fingerprint density at radius 3 is 1.37 bits per heavy atom. The van der Waals surface area contributed by atoms with Crippen LogP contribution in [0.3, 0.4) is 0 Å². The molecule has 8 aromatic rings. The zero-order valence-corrected chi connectivity index (χ0v) is 51.7. The quantitative estimate of drug-likeness (QED) is 0.0101. The predicted octanol–water partition coefficient (Wildman–Crippen LogP) is 7.77. The number of aromatic hydroxyl groups is 2. The highest BCUT2D eigenvalue weighted by Gasteiger charge is 2.31. The molecule has 0 radical (unpaired) electrons. The smallest absolute Gasteiger partial charge is 0.397 e. The standard InChI is InChI=1S/C46H36N12O27S8/c47-40-32(53-52-31-14-13-29(19-34(31)89(70,71)72)86(63,64)16-15-85-93(82,83)84)21-33(88(67,68)69)30-20-37(92(79,80)81)44(46(60)39(30)40)56-50-23-1-3-26(4-2-23)57-87(65,66)28-11-7-25(8-12-28)49-54-42-35(90(73,74)75)17-22-18-36(91(76,77)78)43(45(59)38(22)41(42)48)55-51-24-5-9-27(10-6-24)58(61)62/h1-14,17-21,57,59-60H,15-16,47-48H2,(H,67,68,69)(H,70,71,72)(H,73,74,75)(H,76,77,78)(H,79,80,81)(H,82,83,84). The molecule has 13 N–H and O–H groups in total. The molecule has 0 atom stereocenters. The third-order valence-corrected chi connectivity index (χ3v) is 20.2. The van der Waals surface area contributed by atoms with Crippen molar-refractivity contribution in [3.8, 4) is 11.5 Å². The summed E-state index contributed by atoms with van der Waals surface area (Å²) in [5.74, 6) is -3.68. The second kappa shape index (κ2) is 25.1. The highest BCUT2D eigenvalue weighted by Crippen LogP contribution is 2.50. The Morgan fingerprint density at radius 2 is 0.882 bits per heavy atom. The molecule has 0 aliphatic rings. The van der Waals surface area contributed by atoms with E-state index in [1.807, 2.05) is 0 Å². The number of sulfone groups is 1. The minimum Gasteiger partial charge on any atom is -0.505 e. The number of fused-ring (bicyclic) bond motifs is 2. The van der Waals surface area contributed by atoms with Gasteiger partial charge in [0.15, 0.2) is 21.3 Å². The van der Waals surface area contributed by atoms with Crippen molar-refractivity contribution in [1.29, 1.82) is 0 Å². The first-order valence-electron chi connectivity index (χ1n) is 24.1. The van der Waals surface area contributed by atoms with Gasteiger partial charge in [-0.2, -0.15) is 65.8 Å². The van der Waals surface area contributed by atoms with Crippen molar-refractivity contribution < 1.29 is 114 Å². The maximum absolute atomic E-state index is 13.5. The third kappa shape index (κ3) is 15.7. The number of sulfonamides is 1. The number of nitrogens with two attached hydrogens (primary N) is 2. The van der Waals surface area contributed by atoms with Gasteiger partial charge >= 0.3 is 10.4 Å². The highest BCUT2D eigenvalue weighted by atomic mass is 32.3. The first kappa shape index (κ1) is 69.3. The van der Waals surface area contributed by atoms with E-state index in [4.69, 9.17) is 16.0 Å². The van der Waals surface area contributed by atoms with Crippen molar-refractivity contribution in [3.63, 3.8) is 0 Å². The molecule has 47 heteroatoms. The minimum absolute atomic E-state index is 0.113. The lowest BCUT2D eigenvalue weighted by Crippen LogP contribution is -2.16. The molecule has 490 valence electrons. The predicted molar refractivity (Wildman–Crippen MR) is 319 cm³/mol. The fourth-order valence-corrected chi connectivity index (χ4v) is 14.1. The maximum Gasteiger partial charge on any atom is 0.397 e. The van der Waals surface area contributed by atoms with Gasteiger partial charge in [-0.1, -0.05) is 0 Å². The summed E-state index contributed by atoms with van der Waals surface area (Å²) in [6.45, 7) is -1.15. The van der Waals surface area contributed by atoms with Crippen molar-refractivity contribution >= 4 is 171 Å². The van der Waals surface area contributed by atoms with Crippen LogP contribution in [0.5, 0.6) is 11.5 Å². The van der Waals surface area contributed by atoms with Gasteiger partial charge < -0.3 is 21.7 Å². The molecule has 0 bridgehead atoms. The van der Waals surface area contributed by atoms with E-state index in [9.17, 15) is 110 Å². The first-order chi connectivity index (χ1) is 42.9. The summed E-state index contributed by atoms with van der Waals surface area (Å²) in [6, 6.07) is 16.3. The zero-order chi connectivity index (χ0) is 68.9. The molecule has 8 aromatic carbocycles. The average molecular weight is 1450 g/mol. The monoisotopic (exact) mass is 1440 g/mol. The van der Waals surface area contributed by atoms with E-state index in [0.29, 0.717) is 42.5 Å². The van der Waals surface area contributed by atoms with Crippen LogP contribution in [0.2, 0.25) is 0 Å². The summed E-state index contributed by atoms with van der Waals surface area (Å²) >= 11 is 0. The molecule has 39 nitrogen and oxygen atoms in total. The Labute approximate surface area is 522 Å². The van der Waals surface area contributed by atoms with Gasteiger partial charge in [0, 0.05) is 23.2 Å². The fourth-order valence-electron chi connectivity index (χ4n) is 8.12. The van der Waals surface area contributed by atoms with Gasteiger partial charge in [-0.15, -0.1) is 25.6 Å². The first-order valence-corrected chi connectivity index (χ1v) is 35.8. The Morgan fingerprint density at radius 1 is 0.452 bits per heavy atom. The molecule has 0 aromatic heterocycles. The van der Waals surface area contributed by atoms with E-state index >= 15 is 0 Å². The summed E-state index contributed by atoms with van der Waals surface area (Å²) < 4.78 is 265. The molecule has 0 saturated heterocycles. The molecule has 0 unspecified atom stereocenters. The molecule has 0 saturated carbocycles. The third-order valence-electron chi connectivity index (χ3n) is 12.3. The summed E-state index contributed by atoms with van der Waals surface area (Å²) in [4.78, 5) is 2.82. The van der Waals surface area contributed by atoms with Gasteiger partial charge in [0.05, 0.1) is 66.3 Å². The van der Waals surface area contributed by atoms with Crippen molar-refractivity contribution in [1.82, 2.24) is 0 Å². The minimum atomic E-state index is -5.55. The molecule has 0 spiro atoms. The van der Waals surface area contributed by atoms with Crippen LogP contribution in [0.1, 0.15) is 0 Å². The van der Waals surface area contributed by atoms with Crippen LogP contribution in [0.15, 0.2) is 190 Å². The molecule has 8 rings (SSSR count). The van der Waals surface area contributed by atoms with Crippen LogP contribution in [0.25, 0.3) is 21.5 Å². The zero-order valence-electron chi connectivity index (χ0n) is 45.2. The molecule has 93 heavy (non-hydrogen) atoms. The maximum atomic E-state index is 13.5. The number of phenols is 2. The Kier molecular flexibility index (Phi) is 18.7. The molecular weight excluding hydrogens is 1410 g/mol. The fraction of sp³-hybridized carbons (Fsp3) is 0.0435. The number of hydrogen-bond donors (Lipinski definition) is 11. The molecule has 0 heterocycles. The SMILES string of the molecule is Nc1c(N=Nc2ccc(S(=O)(=O)Nc3ccc(N=Nc4c(S(=O)(=O)O)cc5c(S(=O)(=O)O)cc(N=Nc6ccc(S(=O)(=O)CCOS(=O)(=O)O)cc6S(=O)(=O)O)c(N)c5c4O)cc3)cc2)c(S(=O)(=O)O)cc2cc(S(=O)(=O)O)c(N=Nc3ccc([N+](=O)[O-])cc3)c(O)c12. The summed E-state index contributed by atoms with van der Waals surface area (Å²) in [7, 11) is -41.4. The van der Waals surface area contributed by atoms with Crippen LogP contribution in [-0.2, 0) is 85.0 Å². The molecule has 0 aliphatic heterocycles. The number of nitrogens with one attached hydrogen (secondary N) is 1. The van der Waals surface area contributed by atoms with E-state index in [-0.39, 0.29) is 28.4 Å². The van der Waals surface area contributed by atoms with E-state index in [1.54, 1.807) is 0 Å². The number of anilines is 3. The lowest BCUT2D eigenvalue weighted by atomic mass is 10.0. The van der Waals surface area contributed by atoms with Crippen LogP contribution < -0.4 is 16.2 Å². The van der Waals surface area contributed by atoms with Crippen LogP contribution >= 0.6 is 0 Å². The van der Waals surface area contributed by atoms with E-state index < -0.39 is 205 Å². The van der Waals surface area contributed by atoms with E-state index in [1.165, 1.54) is 0 Å². The van der Waals surface area contributed by atoms with Gasteiger partial charge in [-0.25, -0.2) is 21.0 Å². The molecule has 0 aliphatic carbocycles. The normalized spacial score (nSPS) is 13.3. The second-order valence-corrected chi connectivity index (χ2v) is 30.2. The number of phenolic OH excluding ortho intramolecular Hbond substituents is 2. The topological polar surface area (TPSA) is 650 Å². The number of nitrogen functional groups attached to an aromatic ring is 2. The average Bonchev–Trinajstić information content (AvgIpc) is 0.745. The lowest BCUT2D eigenvalue weighted by molar-refractivity contribution is -0.384. The lowest BCUT2D eigenvalue weighted by Gasteiger charge is -2.14. The van der Waals surface area contributed by atoms with Gasteiger partial charge in [0.1, 0.15) is 52.9 Å². The van der Waals surface area contributed by atoms with Crippen molar-refractivity contribution in [2.24, 2.45) is 40.9 Å². The van der Waals surface area contributed by atoms with Crippen molar-refractivity contribution in [2.45, 2.75) is 34.3 Å².